The van der Waals surface area contributed by atoms with Crippen LogP contribution in [0.5, 0.6) is 0 Å². The lowest BCUT2D eigenvalue weighted by atomic mass is 10.2. The lowest BCUT2D eigenvalue weighted by molar-refractivity contribution is 0.102. The Kier molecular flexibility index (Phi) is 3.69. The van der Waals surface area contributed by atoms with Crippen LogP contribution in [0.25, 0.3) is 0 Å². The van der Waals surface area contributed by atoms with E-state index in [1.54, 1.807) is 18.2 Å². The molecule has 4 nitrogen and oxygen atoms in total. The number of aromatic nitrogens is 1. The van der Waals surface area contributed by atoms with Crippen molar-refractivity contribution >= 4 is 40.5 Å². The second-order valence-electron chi connectivity index (χ2n) is 3.58. The molecule has 1 heterocycles. The van der Waals surface area contributed by atoms with Crippen LogP contribution in [0.3, 0.4) is 0 Å². The highest BCUT2D eigenvalue weighted by molar-refractivity contribution is 6.35. The van der Waals surface area contributed by atoms with Crippen LogP contribution in [0.2, 0.25) is 10.0 Å². The van der Waals surface area contributed by atoms with Crippen molar-refractivity contribution in [2.24, 2.45) is 0 Å². The summed E-state index contributed by atoms with van der Waals surface area (Å²) in [6.07, 6.45) is 2.91. The number of benzene rings is 1. The first kappa shape index (κ1) is 12.7. The molecule has 0 aliphatic carbocycles. The third-order valence-corrected chi connectivity index (χ3v) is 2.65. The Hall–Kier alpha value is -1.78. The van der Waals surface area contributed by atoms with E-state index in [1.165, 1.54) is 18.5 Å². The highest BCUT2D eigenvalue weighted by Crippen LogP contribution is 2.23. The zero-order valence-corrected chi connectivity index (χ0v) is 10.7. The maximum Gasteiger partial charge on any atom is 0.257 e. The van der Waals surface area contributed by atoms with Gasteiger partial charge >= 0.3 is 0 Å². The average Bonchev–Trinajstić information content (AvgIpc) is 2.27. The van der Waals surface area contributed by atoms with Crippen LogP contribution in [0.15, 0.2) is 36.7 Å². The van der Waals surface area contributed by atoms with Gasteiger partial charge in [-0.15, -0.1) is 0 Å². The Morgan fingerprint density at radius 2 is 1.89 bits per heavy atom. The molecule has 1 amide bonds. The summed E-state index contributed by atoms with van der Waals surface area (Å²) in [4.78, 5) is 15.8. The number of nitrogens with zero attached hydrogens (tertiary/aromatic N) is 1. The minimum atomic E-state index is -0.340. The zero-order valence-electron chi connectivity index (χ0n) is 9.15. The Morgan fingerprint density at radius 1 is 1.22 bits per heavy atom. The van der Waals surface area contributed by atoms with Crippen molar-refractivity contribution < 1.29 is 4.79 Å². The number of anilines is 2. The van der Waals surface area contributed by atoms with Gasteiger partial charge in [0.1, 0.15) is 0 Å². The van der Waals surface area contributed by atoms with Gasteiger partial charge in [-0.05, 0) is 24.3 Å². The molecule has 0 atom stereocenters. The smallest absolute Gasteiger partial charge is 0.257 e. The molecule has 3 N–H and O–H groups in total. The molecular weight excluding hydrogens is 273 g/mol. The molecule has 0 fully saturated rings. The van der Waals surface area contributed by atoms with E-state index in [2.05, 4.69) is 10.3 Å². The quantitative estimate of drug-likeness (QED) is 0.888. The summed E-state index contributed by atoms with van der Waals surface area (Å²) in [6, 6.07) is 6.32. The molecule has 0 aliphatic rings. The Labute approximate surface area is 114 Å². The Balaban J connectivity index is 2.24. The van der Waals surface area contributed by atoms with Crippen LogP contribution in [0.4, 0.5) is 11.4 Å². The van der Waals surface area contributed by atoms with Crippen molar-refractivity contribution in [3.63, 3.8) is 0 Å². The van der Waals surface area contributed by atoms with Crippen LogP contribution in [0, 0.1) is 0 Å². The molecule has 1 aromatic heterocycles. The summed E-state index contributed by atoms with van der Waals surface area (Å²) in [6.45, 7) is 0. The van der Waals surface area contributed by atoms with Gasteiger partial charge < -0.3 is 11.1 Å². The summed E-state index contributed by atoms with van der Waals surface area (Å²) >= 11 is 11.7. The number of halogens is 2. The SMILES string of the molecule is Nc1cnccc1C(=O)Nc1cc(Cl)cc(Cl)c1. The summed E-state index contributed by atoms with van der Waals surface area (Å²) < 4.78 is 0. The van der Waals surface area contributed by atoms with Crippen LogP contribution < -0.4 is 11.1 Å². The van der Waals surface area contributed by atoms with Crippen molar-refractivity contribution in [2.45, 2.75) is 0 Å². The molecular formula is C12H9Cl2N3O. The van der Waals surface area contributed by atoms with Crippen molar-refractivity contribution in [1.82, 2.24) is 4.98 Å². The van der Waals surface area contributed by atoms with Gasteiger partial charge in [0, 0.05) is 21.9 Å². The zero-order chi connectivity index (χ0) is 13.1. The predicted octanol–water partition coefficient (Wildman–Crippen LogP) is 3.22. The van der Waals surface area contributed by atoms with Crippen LogP contribution in [0.1, 0.15) is 10.4 Å². The predicted molar refractivity (Wildman–Crippen MR) is 73.1 cm³/mol. The molecule has 1 aromatic carbocycles. The third-order valence-electron chi connectivity index (χ3n) is 2.22. The van der Waals surface area contributed by atoms with Gasteiger partial charge in [-0.2, -0.15) is 0 Å². The molecule has 18 heavy (non-hydrogen) atoms. The minimum absolute atomic E-state index is 0.308. The molecule has 0 spiro atoms. The van der Waals surface area contributed by atoms with Gasteiger partial charge in [0.25, 0.3) is 5.91 Å². The number of carbonyl (C=O) groups is 1. The summed E-state index contributed by atoms with van der Waals surface area (Å²) in [7, 11) is 0. The lowest BCUT2D eigenvalue weighted by Gasteiger charge is -2.07. The minimum Gasteiger partial charge on any atom is -0.397 e. The standard InChI is InChI=1S/C12H9Cl2N3O/c13-7-3-8(14)5-9(4-7)17-12(18)10-1-2-16-6-11(10)15/h1-6H,15H2,(H,17,18). The van der Waals surface area contributed by atoms with E-state index >= 15 is 0 Å². The average molecular weight is 282 g/mol. The number of amides is 1. The summed E-state index contributed by atoms with van der Waals surface area (Å²) in [5, 5.41) is 3.55. The number of nitrogen functional groups attached to an aromatic ring is 1. The fourth-order valence-electron chi connectivity index (χ4n) is 1.44. The number of nitrogens with two attached hydrogens (primary N) is 1. The Morgan fingerprint density at radius 3 is 2.50 bits per heavy atom. The molecule has 0 unspecified atom stereocenters. The number of pyridine rings is 1. The first-order chi connectivity index (χ1) is 8.56. The maximum atomic E-state index is 12.0. The molecule has 6 heteroatoms. The van der Waals surface area contributed by atoms with Crippen LogP contribution >= 0.6 is 23.2 Å². The lowest BCUT2D eigenvalue weighted by Crippen LogP contribution is -2.14. The molecule has 0 bridgehead atoms. The number of nitrogens with one attached hydrogen (secondary N) is 1. The number of hydrogen-bond donors (Lipinski definition) is 2. The van der Waals surface area contributed by atoms with Crippen molar-refractivity contribution in [3.8, 4) is 0 Å². The van der Waals surface area contributed by atoms with Gasteiger partial charge in [-0.3, -0.25) is 9.78 Å². The van der Waals surface area contributed by atoms with Crippen molar-refractivity contribution in [1.29, 1.82) is 0 Å². The van der Waals surface area contributed by atoms with E-state index in [0.29, 0.717) is 27.0 Å². The van der Waals surface area contributed by atoms with Crippen molar-refractivity contribution in [3.05, 3.63) is 52.3 Å². The highest BCUT2D eigenvalue weighted by Gasteiger charge is 2.10. The number of carbonyl (C=O) groups excluding carboxylic acids is 1. The number of rotatable bonds is 2. The van der Waals surface area contributed by atoms with Gasteiger partial charge in [0.2, 0.25) is 0 Å². The first-order valence-corrected chi connectivity index (χ1v) is 5.79. The van der Waals surface area contributed by atoms with Crippen LogP contribution in [-0.2, 0) is 0 Å². The monoisotopic (exact) mass is 281 g/mol. The molecule has 2 rings (SSSR count). The highest BCUT2D eigenvalue weighted by atomic mass is 35.5. The molecule has 0 aliphatic heterocycles. The van der Waals surface area contributed by atoms with Gasteiger partial charge in [0.05, 0.1) is 17.4 Å². The van der Waals surface area contributed by atoms with E-state index in [0.717, 1.165) is 0 Å². The molecule has 0 saturated heterocycles. The number of hydrogen-bond acceptors (Lipinski definition) is 3. The molecule has 92 valence electrons. The Bertz CT molecular complexity index is 581. The fraction of sp³-hybridized carbons (Fsp3) is 0. The topological polar surface area (TPSA) is 68.0 Å². The third kappa shape index (κ3) is 2.91. The molecule has 2 aromatic rings. The van der Waals surface area contributed by atoms with E-state index < -0.39 is 0 Å². The van der Waals surface area contributed by atoms with Gasteiger partial charge in [0.15, 0.2) is 0 Å². The second-order valence-corrected chi connectivity index (χ2v) is 4.45. The maximum absolute atomic E-state index is 12.0. The second kappa shape index (κ2) is 5.25. The molecule has 0 saturated carbocycles. The largest absolute Gasteiger partial charge is 0.397 e. The van der Waals surface area contributed by atoms with E-state index in [9.17, 15) is 4.79 Å². The van der Waals surface area contributed by atoms with Crippen molar-refractivity contribution in [2.75, 3.05) is 11.1 Å². The normalized spacial score (nSPS) is 10.1. The fourth-order valence-corrected chi connectivity index (χ4v) is 1.96. The van der Waals surface area contributed by atoms with Gasteiger partial charge in [-0.25, -0.2) is 0 Å². The summed E-state index contributed by atoms with van der Waals surface area (Å²) in [5.41, 5.74) is 6.82. The van der Waals surface area contributed by atoms with Gasteiger partial charge in [-0.1, -0.05) is 23.2 Å². The molecule has 0 radical (unpaired) electrons. The van der Waals surface area contributed by atoms with E-state index in [-0.39, 0.29) is 5.91 Å². The summed E-state index contributed by atoms with van der Waals surface area (Å²) in [5.74, 6) is -0.340. The van der Waals surface area contributed by atoms with E-state index in [1.807, 2.05) is 0 Å². The first-order valence-electron chi connectivity index (χ1n) is 5.03. The van der Waals surface area contributed by atoms with E-state index in [4.69, 9.17) is 28.9 Å². The van der Waals surface area contributed by atoms with Crippen LogP contribution in [-0.4, -0.2) is 10.9 Å².